The zero-order valence-electron chi connectivity index (χ0n) is 9.63. The summed E-state index contributed by atoms with van der Waals surface area (Å²) in [6, 6.07) is 0.224. The van der Waals surface area contributed by atoms with E-state index in [9.17, 15) is 4.79 Å². The van der Waals surface area contributed by atoms with Gasteiger partial charge in [0.1, 0.15) is 6.10 Å². The van der Waals surface area contributed by atoms with Crippen molar-refractivity contribution in [2.75, 3.05) is 19.7 Å². The Kier molecular flexibility index (Phi) is 3.68. The molecule has 96 valence electrons. The number of nitrogens with two attached hydrogens (primary N) is 1. The van der Waals surface area contributed by atoms with Gasteiger partial charge in [0.15, 0.2) is 5.84 Å². The monoisotopic (exact) mass is 242 g/mol. The van der Waals surface area contributed by atoms with Crippen molar-refractivity contribution in [1.82, 2.24) is 10.2 Å². The molecule has 1 atom stereocenters. The Balaban J connectivity index is 1.85. The standard InChI is InChI=1S/C10H18N4O3/c11-9(13-16)8-6-14(4-5-17-8)10(15)12-7-2-1-3-7/h7-8,16H,1-6H2,(H2,11,13)(H,12,15). The van der Waals surface area contributed by atoms with Gasteiger partial charge in [0.2, 0.25) is 0 Å². The lowest BCUT2D eigenvalue weighted by atomic mass is 9.93. The molecule has 0 aromatic carbocycles. The van der Waals surface area contributed by atoms with Crippen LogP contribution in [0.25, 0.3) is 0 Å². The Hall–Kier alpha value is -1.50. The second-order valence-corrected chi connectivity index (χ2v) is 4.41. The highest BCUT2D eigenvalue weighted by molar-refractivity contribution is 5.85. The molecule has 0 aromatic rings. The van der Waals surface area contributed by atoms with E-state index in [-0.39, 0.29) is 11.9 Å². The fraction of sp³-hybridized carbons (Fsp3) is 0.800. The molecule has 1 saturated carbocycles. The number of hydrogen-bond acceptors (Lipinski definition) is 4. The van der Waals surface area contributed by atoms with E-state index in [4.69, 9.17) is 15.7 Å². The minimum Gasteiger partial charge on any atom is -0.409 e. The number of oxime groups is 1. The molecule has 0 spiro atoms. The molecule has 1 unspecified atom stereocenters. The van der Waals surface area contributed by atoms with E-state index < -0.39 is 6.10 Å². The molecule has 1 saturated heterocycles. The van der Waals surface area contributed by atoms with E-state index in [1.807, 2.05) is 0 Å². The zero-order chi connectivity index (χ0) is 12.3. The highest BCUT2D eigenvalue weighted by Gasteiger charge is 2.29. The Bertz CT molecular complexity index is 317. The van der Waals surface area contributed by atoms with Crippen LogP contribution >= 0.6 is 0 Å². The fourth-order valence-corrected chi connectivity index (χ4v) is 1.90. The second kappa shape index (κ2) is 5.22. The molecular weight excluding hydrogens is 224 g/mol. The molecule has 7 nitrogen and oxygen atoms in total. The van der Waals surface area contributed by atoms with Crippen molar-refractivity contribution in [3.05, 3.63) is 0 Å². The molecule has 17 heavy (non-hydrogen) atoms. The van der Waals surface area contributed by atoms with E-state index in [2.05, 4.69) is 10.5 Å². The van der Waals surface area contributed by atoms with Crippen LogP contribution in [-0.2, 0) is 4.74 Å². The van der Waals surface area contributed by atoms with E-state index in [0.29, 0.717) is 25.7 Å². The van der Waals surface area contributed by atoms with Crippen LogP contribution in [-0.4, -0.2) is 53.8 Å². The van der Waals surface area contributed by atoms with Crippen LogP contribution in [0.1, 0.15) is 19.3 Å². The number of rotatable bonds is 2. The lowest BCUT2D eigenvalue weighted by Gasteiger charge is -2.35. The molecule has 1 aliphatic carbocycles. The molecule has 0 radical (unpaired) electrons. The summed E-state index contributed by atoms with van der Waals surface area (Å²) in [5.74, 6) is 0.00569. The maximum atomic E-state index is 11.9. The molecule has 1 heterocycles. The summed E-state index contributed by atoms with van der Waals surface area (Å²) < 4.78 is 5.32. The van der Waals surface area contributed by atoms with Crippen molar-refractivity contribution in [3.8, 4) is 0 Å². The summed E-state index contributed by atoms with van der Waals surface area (Å²) in [5.41, 5.74) is 5.47. The molecule has 1 aliphatic heterocycles. The first-order chi connectivity index (χ1) is 8.20. The Labute approximate surface area is 99.6 Å². The predicted octanol–water partition coefficient (Wildman–Crippen LogP) is -0.304. The molecule has 2 amide bonds. The largest absolute Gasteiger partial charge is 0.409 e. The number of carbonyl (C=O) groups is 1. The highest BCUT2D eigenvalue weighted by atomic mass is 16.5. The minimum atomic E-state index is -0.513. The van der Waals surface area contributed by atoms with Crippen LogP contribution in [0.3, 0.4) is 0 Å². The van der Waals surface area contributed by atoms with Gasteiger partial charge in [-0.1, -0.05) is 5.16 Å². The SMILES string of the molecule is NC(=NO)C1CN(C(=O)NC2CCC2)CCO1. The topological polar surface area (TPSA) is 100 Å². The summed E-state index contributed by atoms with van der Waals surface area (Å²) in [5, 5.41) is 14.4. The summed E-state index contributed by atoms with van der Waals surface area (Å²) in [6.45, 7) is 1.27. The van der Waals surface area contributed by atoms with Gasteiger partial charge < -0.3 is 25.9 Å². The zero-order valence-corrected chi connectivity index (χ0v) is 9.63. The van der Waals surface area contributed by atoms with Crippen molar-refractivity contribution in [2.45, 2.75) is 31.4 Å². The van der Waals surface area contributed by atoms with Crippen LogP contribution < -0.4 is 11.1 Å². The molecular formula is C10H18N4O3. The number of nitrogens with zero attached hydrogens (tertiary/aromatic N) is 2. The van der Waals surface area contributed by atoms with Gasteiger partial charge in [0.05, 0.1) is 13.2 Å². The van der Waals surface area contributed by atoms with E-state index in [1.165, 1.54) is 6.42 Å². The van der Waals surface area contributed by atoms with Crippen molar-refractivity contribution < 1.29 is 14.7 Å². The number of amides is 2. The van der Waals surface area contributed by atoms with Crippen LogP contribution in [0.4, 0.5) is 4.79 Å². The first-order valence-electron chi connectivity index (χ1n) is 5.85. The molecule has 2 fully saturated rings. The first kappa shape index (κ1) is 12.0. The number of hydrogen-bond donors (Lipinski definition) is 3. The van der Waals surface area contributed by atoms with E-state index in [1.54, 1.807) is 4.90 Å². The van der Waals surface area contributed by atoms with Crippen molar-refractivity contribution in [1.29, 1.82) is 0 Å². The van der Waals surface area contributed by atoms with Gasteiger partial charge in [0, 0.05) is 12.6 Å². The van der Waals surface area contributed by atoms with Crippen LogP contribution in [0.15, 0.2) is 5.16 Å². The fourth-order valence-electron chi connectivity index (χ4n) is 1.90. The predicted molar refractivity (Wildman–Crippen MR) is 60.9 cm³/mol. The molecule has 2 aliphatic rings. The van der Waals surface area contributed by atoms with Crippen molar-refractivity contribution in [3.63, 3.8) is 0 Å². The average Bonchev–Trinajstić information content (AvgIpc) is 2.32. The number of urea groups is 1. The third kappa shape index (κ3) is 2.79. The lowest BCUT2D eigenvalue weighted by Crippen LogP contribution is -2.55. The smallest absolute Gasteiger partial charge is 0.317 e. The summed E-state index contributed by atoms with van der Waals surface area (Å²) >= 11 is 0. The Morgan fingerprint density at radius 1 is 1.53 bits per heavy atom. The van der Waals surface area contributed by atoms with Gasteiger partial charge in [-0.15, -0.1) is 0 Å². The molecule has 2 rings (SSSR count). The maximum Gasteiger partial charge on any atom is 0.317 e. The Morgan fingerprint density at radius 2 is 2.29 bits per heavy atom. The van der Waals surface area contributed by atoms with Gasteiger partial charge in [-0.05, 0) is 19.3 Å². The minimum absolute atomic E-state index is 0.00569. The normalized spacial score (nSPS) is 26.5. The van der Waals surface area contributed by atoms with Gasteiger partial charge in [-0.25, -0.2) is 4.79 Å². The lowest BCUT2D eigenvalue weighted by molar-refractivity contribution is 0.0188. The maximum absolute atomic E-state index is 11.9. The van der Waals surface area contributed by atoms with Gasteiger partial charge in [-0.2, -0.15) is 0 Å². The van der Waals surface area contributed by atoms with Gasteiger partial charge in [0.25, 0.3) is 0 Å². The summed E-state index contributed by atoms with van der Waals surface area (Å²) in [6.07, 6.45) is 2.78. The van der Waals surface area contributed by atoms with Crippen molar-refractivity contribution >= 4 is 11.9 Å². The van der Waals surface area contributed by atoms with Gasteiger partial charge in [-0.3, -0.25) is 0 Å². The number of carbonyl (C=O) groups excluding carboxylic acids is 1. The second-order valence-electron chi connectivity index (χ2n) is 4.41. The Morgan fingerprint density at radius 3 is 2.88 bits per heavy atom. The first-order valence-corrected chi connectivity index (χ1v) is 5.85. The van der Waals surface area contributed by atoms with E-state index in [0.717, 1.165) is 12.8 Å². The highest BCUT2D eigenvalue weighted by Crippen LogP contribution is 2.18. The third-order valence-electron chi connectivity index (χ3n) is 3.23. The third-order valence-corrected chi connectivity index (χ3v) is 3.23. The number of nitrogens with one attached hydrogen (secondary N) is 1. The molecule has 0 bridgehead atoms. The van der Waals surface area contributed by atoms with Crippen LogP contribution in [0, 0.1) is 0 Å². The molecule has 0 aromatic heterocycles. The number of ether oxygens (including phenoxy) is 1. The molecule has 4 N–H and O–H groups in total. The number of morpholine rings is 1. The van der Waals surface area contributed by atoms with E-state index >= 15 is 0 Å². The van der Waals surface area contributed by atoms with Crippen LogP contribution in [0.5, 0.6) is 0 Å². The van der Waals surface area contributed by atoms with Gasteiger partial charge >= 0.3 is 6.03 Å². The molecule has 7 heteroatoms. The number of amidine groups is 1. The summed E-state index contributed by atoms with van der Waals surface area (Å²) in [7, 11) is 0. The average molecular weight is 242 g/mol. The van der Waals surface area contributed by atoms with Crippen molar-refractivity contribution in [2.24, 2.45) is 10.9 Å². The summed E-state index contributed by atoms with van der Waals surface area (Å²) in [4.78, 5) is 13.5. The van der Waals surface area contributed by atoms with Crippen LogP contribution in [0.2, 0.25) is 0 Å². The quantitative estimate of drug-likeness (QED) is 0.268.